The summed E-state index contributed by atoms with van der Waals surface area (Å²) in [6, 6.07) is 12.7. The van der Waals surface area contributed by atoms with Gasteiger partial charge in [-0.15, -0.1) is 11.3 Å². The quantitative estimate of drug-likeness (QED) is 0.187. The van der Waals surface area contributed by atoms with Crippen molar-refractivity contribution in [3.05, 3.63) is 58.4 Å². The molecule has 3 aliphatic rings. The van der Waals surface area contributed by atoms with E-state index in [2.05, 4.69) is 64.4 Å². The van der Waals surface area contributed by atoms with Crippen LogP contribution in [0.5, 0.6) is 0 Å². The second-order valence-corrected chi connectivity index (χ2v) is 15.4. The second kappa shape index (κ2) is 12.9. The van der Waals surface area contributed by atoms with Crippen LogP contribution in [0.15, 0.2) is 36.4 Å². The van der Waals surface area contributed by atoms with E-state index in [0.717, 1.165) is 83.3 Å². The van der Waals surface area contributed by atoms with E-state index >= 15 is 0 Å². The van der Waals surface area contributed by atoms with Crippen LogP contribution in [0.3, 0.4) is 0 Å². The molecule has 1 aromatic carbocycles. The number of carboxylic acids is 1. The fourth-order valence-corrected chi connectivity index (χ4v) is 9.75. The lowest BCUT2D eigenvalue weighted by atomic mass is 9.81. The summed E-state index contributed by atoms with van der Waals surface area (Å²) in [5.41, 5.74) is 9.04. The summed E-state index contributed by atoms with van der Waals surface area (Å²) in [5.74, 6) is 0.153. The number of hydrogen-bond donors (Lipinski definition) is 1. The molecule has 2 fully saturated rings. The lowest BCUT2D eigenvalue weighted by Crippen LogP contribution is -2.37. The maximum absolute atomic E-state index is 12.1. The number of anilines is 1. The topological polar surface area (TPSA) is 87.4 Å². The molecule has 1 atom stereocenters. The summed E-state index contributed by atoms with van der Waals surface area (Å²) in [5, 5.41) is 13.3. The number of thiazole rings is 1. The SMILES string of the molecule is CCN1CCCC(CCN2CCn3c(c(C4CCCCC4)c4ccc(C(=O)O)nc43)-c3ccc4nc(-c5sc(C)nc5C)ccc4c32)C1. The first-order valence-corrected chi connectivity index (χ1v) is 18.8. The lowest BCUT2D eigenvalue weighted by molar-refractivity contribution is 0.0691. The molecule has 4 aromatic heterocycles. The molecule has 48 heavy (non-hydrogen) atoms. The van der Waals surface area contributed by atoms with E-state index in [1.807, 2.05) is 6.07 Å². The molecular formula is C39H46N6O2S. The van der Waals surface area contributed by atoms with Crippen LogP contribution < -0.4 is 4.90 Å². The van der Waals surface area contributed by atoms with Crippen molar-refractivity contribution < 1.29 is 9.90 Å². The largest absolute Gasteiger partial charge is 0.477 e. The third-order valence-corrected chi connectivity index (χ3v) is 12.3. The standard InChI is InChI=1S/C39H46N6O2S/c1-4-43-19-8-9-26(23-43)18-20-44-21-22-45-36(34(27-10-6-5-7-11-27)29-13-17-33(39(46)47)42-38(29)45)30-14-15-31-28(35(30)44)12-16-32(41-31)37-24(2)40-25(3)48-37/h12-17,26-27H,4-11,18-23H2,1-3H3,(H,46,47). The summed E-state index contributed by atoms with van der Waals surface area (Å²) < 4.78 is 2.36. The van der Waals surface area contributed by atoms with Gasteiger partial charge >= 0.3 is 5.97 Å². The minimum Gasteiger partial charge on any atom is -0.477 e. The van der Waals surface area contributed by atoms with Gasteiger partial charge in [-0.2, -0.15) is 0 Å². The third kappa shape index (κ3) is 5.58. The normalized spacial score (nSPS) is 19.1. The minimum absolute atomic E-state index is 0.112. The van der Waals surface area contributed by atoms with E-state index in [1.54, 1.807) is 17.4 Å². The van der Waals surface area contributed by atoms with Gasteiger partial charge in [0.15, 0.2) is 5.69 Å². The van der Waals surface area contributed by atoms with Crippen molar-refractivity contribution in [2.45, 2.75) is 84.6 Å². The van der Waals surface area contributed by atoms with Crippen molar-refractivity contribution in [1.29, 1.82) is 0 Å². The third-order valence-electron chi connectivity index (χ3n) is 11.2. The van der Waals surface area contributed by atoms with E-state index in [-0.39, 0.29) is 5.69 Å². The second-order valence-electron chi connectivity index (χ2n) is 14.2. The Morgan fingerprint density at radius 1 is 0.917 bits per heavy atom. The molecule has 0 spiro atoms. The van der Waals surface area contributed by atoms with Crippen molar-refractivity contribution in [3.8, 4) is 21.8 Å². The van der Waals surface area contributed by atoms with Crippen molar-refractivity contribution >= 4 is 44.9 Å². The highest BCUT2D eigenvalue weighted by atomic mass is 32.1. The Morgan fingerprint density at radius 3 is 2.52 bits per heavy atom. The molecule has 0 radical (unpaired) electrons. The number of aromatic nitrogens is 4. The number of benzene rings is 1. The number of fused-ring (bicyclic) bond motifs is 7. The first kappa shape index (κ1) is 31.4. The molecule has 1 saturated heterocycles. The lowest BCUT2D eigenvalue weighted by Gasteiger charge is -2.34. The molecule has 0 bridgehead atoms. The van der Waals surface area contributed by atoms with Gasteiger partial charge in [-0.3, -0.25) is 0 Å². The van der Waals surface area contributed by atoms with E-state index in [4.69, 9.17) is 9.97 Å². The summed E-state index contributed by atoms with van der Waals surface area (Å²) in [7, 11) is 0. The van der Waals surface area contributed by atoms with Gasteiger partial charge in [-0.25, -0.2) is 19.7 Å². The highest BCUT2D eigenvalue weighted by Gasteiger charge is 2.33. The molecule has 1 N–H and O–H groups in total. The molecule has 1 unspecified atom stereocenters. The number of piperidine rings is 1. The van der Waals surface area contributed by atoms with Gasteiger partial charge in [-0.1, -0.05) is 26.2 Å². The van der Waals surface area contributed by atoms with Crippen LogP contribution in [0.25, 0.3) is 43.8 Å². The number of aryl methyl sites for hydroxylation is 2. The zero-order valence-corrected chi connectivity index (χ0v) is 29.3. The summed E-state index contributed by atoms with van der Waals surface area (Å²) >= 11 is 1.71. The maximum atomic E-state index is 12.1. The summed E-state index contributed by atoms with van der Waals surface area (Å²) in [6.07, 6.45) is 9.79. The van der Waals surface area contributed by atoms with Crippen molar-refractivity contribution in [2.24, 2.45) is 5.92 Å². The van der Waals surface area contributed by atoms with Gasteiger partial charge in [0.1, 0.15) is 5.65 Å². The summed E-state index contributed by atoms with van der Waals surface area (Å²) in [4.78, 5) is 33.2. The number of pyridine rings is 2. The molecule has 9 heteroatoms. The molecule has 8 nitrogen and oxygen atoms in total. The Kier molecular flexibility index (Phi) is 8.45. The van der Waals surface area contributed by atoms with Crippen LogP contribution in [0.1, 0.15) is 91.0 Å². The minimum atomic E-state index is -0.977. The van der Waals surface area contributed by atoms with Crippen molar-refractivity contribution in [2.75, 3.05) is 37.6 Å². The zero-order valence-electron chi connectivity index (χ0n) is 28.5. The van der Waals surface area contributed by atoms with Crippen LogP contribution in [0, 0.1) is 19.8 Å². The maximum Gasteiger partial charge on any atom is 0.354 e. The van der Waals surface area contributed by atoms with Gasteiger partial charge in [0.25, 0.3) is 0 Å². The predicted molar refractivity (Wildman–Crippen MR) is 196 cm³/mol. The first-order chi connectivity index (χ1) is 23.4. The van der Waals surface area contributed by atoms with Crippen LogP contribution in [0.4, 0.5) is 5.69 Å². The molecule has 2 aliphatic heterocycles. The zero-order chi connectivity index (χ0) is 32.9. The monoisotopic (exact) mass is 662 g/mol. The molecule has 5 aromatic rings. The molecule has 250 valence electrons. The van der Waals surface area contributed by atoms with E-state index < -0.39 is 5.97 Å². The van der Waals surface area contributed by atoms with Crippen molar-refractivity contribution in [3.63, 3.8) is 0 Å². The van der Waals surface area contributed by atoms with Crippen LogP contribution in [-0.2, 0) is 6.54 Å². The highest BCUT2D eigenvalue weighted by Crippen LogP contribution is 2.49. The average molecular weight is 663 g/mol. The number of nitrogens with zero attached hydrogens (tertiary/aromatic N) is 6. The number of carboxylic acid groups (broad SMARTS) is 1. The number of hydrogen-bond acceptors (Lipinski definition) is 7. The van der Waals surface area contributed by atoms with E-state index in [1.165, 1.54) is 73.1 Å². The Balaban J connectivity index is 1.31. The van der Waals surface area contributed by atoms with Gasteiger partial charge in [0.2, 0.25) is 0 Å². The molecule has 1 aliphatic carbocycles. The van der Waals surface area contributed by atoms with Gasteiger partial charge in [0, 0.05) is 42.5 Å². The summed E-state index contributed by atoms with van der Waals surface area (Å²) in [6.45, 7) is 12.5. The van der Waals surface area contributed by atoms with Crippen LogP contribution in [0.2, 0.25) is 0 Å². The molecule has 8 rings (SSSR count). The highest BCUT2D eigenvalue weighted by molar-refractivity contribution is 7.15. The molecule has 0 amide bonds. The van der Waals surface area contributed by atoms with Crippen LogP contribution in [-0.4, -0.2) is 68.2 Å². The number of likely N-dealkylation sites (tertiary alicyclic amines) is 1. The number of aromatic carboxylic acids is 1. The van der Waals surface area contributed by atoms with Gasteiger partial charge in [0.05, 0.1) is 38.2 Å². The number of carbonyl (C=O) groups is 1. The fraction of sp³-hybridized carbons (Fsp3) is 0.487. The first-order valence-electron chi connectivity index (χ1n) is 18.0. The molecule has 6 heterocycles. The number of rotatable bonds is 7. The van der Waals surface area contributed by atoms with Gasteiger partial charge < -0.3 is 19.5 Å². The average Bonchev–Trinajstić information content (AvgIpc) is 3.57. The Labute approximate surface area is 286 Å². The smallest absolute Gasteiger partial charge is 0.354 e. The Bertz CT molecular complexity index is 2010. The van der Waals surface area contributed by atoms with Crippen LogP contribution >= 0.6 is 11.3 Å². The van der Waals surface area contributed by atoms with E-state index in [9.17, 15) is 9.90 Å². The molecule has 1 saturated carbocycles. The predicted octanol–water partition coefficient (Wildman–Crippen LogP) is 8.68. The van der Waals surface area contributed by atoms with Crippen molar-refractivity contribution in [1.82, 2.24) is 24.4 Å². The molecular weight excluding hydrogens is 617 g/mol. The van der Waals surface area contributed by atoms with Gasteiger partial charge in [-0.05, 0) is 113 Å². The Morgan fingerprint density at radius 2 is 1.75 bits per heavy atom. The van der Waals surface area contributed by atoms with E-state index in [0.29, 0.717) is 11.8 Å². The Hall–Kier alpha value is -3.82. The fourth-order valence-electron chi connectivity index (χ4n) is 8.86.